The van der Waals surface area contributed by atoms with Crippen LogP contribution >= 0.6 is 11.6 Å². The lowest BCUT2D eigenvalue weighted by Gasteiger charge is -2.05. The average Bonchev–Trinajstić information content (AvgIpc) is 2.70. The quantitative estimate of drug-likeness (QED) is 0.674. The topological polar surface area (TPSA) is 17.1 Å². The lowest BCUT2D eigenvalue weighted by molar-refractivity contribution is 0.112. The molecule has 0 N–H and O–H groups in total. The Balaban J connectivity index is 2.48. The molecule has 0 aromatic heterocycles. The zero-order chi connectivity index (χ0) is 9.97. The molecule has 0 fully saturated rings. The highest BCUT2D eigenvalue weighted by molar-refractivity contribution is 6.30. The number of carbonyl (C=O) groups excluding carboxylic acids is 1. The number of hydrogen-bond acceptors (Lipinski definition) is 1. The Hall–Kier alpha value is -1.08. The van der Waals surface area contributed by atoms with Crippen molar-refractivity contribution in [2.24, 2.45) is 0 Å². The van der Waals surface area contributed by atoms with Crippen LogP contribution in [0.5, 0.6) is 0 Å². The minimum absolute atomic E-state index is 0.693. The second-order valence-electron chi connectivity index (χ2n) is 3.47. The van der Waals surface area contributed by atoms with E-state index in [0.29, 0.717) is 5.02 Å². The van der Waals surface area contributed by atoms with E-state index in [1.54, 1.807) is 12.1 Å². The number of halogens is 1. The van der Waals surface area contributed by atoms with Gasteiger partial charge in [0, 0.05) is 10.6 Å². The van der Waals surface area contributed by atoms with Crippen LogP contribution in [0.2, 0.25) is 5.02 Å². The first-order valence-corrected chi connectivity index (χ1v) is 5.13. The minimum atomic E-state index is 0.693. The highest BCUT2D eigenvalue weighted by Crippen LogP contribution is 2.30. The fourth-order valence-electron chi connectivity index (χ4n) is 1.82. The lowest BCUT2D eigenvalue weighted by Crippen LogP contribution is -1.90. The number of carbonyl (C=O) groups is 1. The van der Waals surface area contributed by atoms with Gasteiger partial charge in [-0.25, -0.2) is 0 Å². The van der Waals surface area contributed by atoms with Gasteiger partial charge in [-0.15, -0.1) is 0 Å². The zero-order valence-corrected chi connectivity index (χ0v) is 8.55. The molecule has 0 bridgehead atoms. The third-order valence-corrected chi connectivity index (χ3v) is 2.76. The van der Waals surface area contributed by atoms with Crippen molar-refractivity contribution in [3.8, 4) is 0 Å². The normalized spacial score (nSPS) is 15.4. The van der Waals surface area contributed by atoms with Gasteiger partial charge in [-0.1, -0.05) is 17.7 Å². The number of allylic oxidation sites excluding steroid dienone is 2. The summed E-state index contributed by atoms with van der Waals surface area (Å²) in [7, 11) is 0. The predicted molar refractivity (Wildman–Crippen MR) is 58.7 cm³/mol. The van der Waals surface area contributed by atoms with Crippen molar-refractivity contribution in [3.63, 3.8) is 0 Å². The number of rotatable bonds is 2. The van der Waals surface area contributed by atoms with Crippen LogP contribution in [0.15, 0.2) is 24.3 Å². The van der Waals surface area contributed by atoms with Crippen molar-refractivity contribution in [1.29, 1.82) is 0 Å². The molecule has 1 aliphatic rings. The SMILES string of the molecule is O=Cc1ccc(Cl)cc1C1=CCCC1. The molecule has 0 amide bonds. The second-order valence-corrected chi connectivity index (χ2v) is 3.91. The van der Waals surface area contributed by atoms with E-state index in [-0.39, 0.29) is 0 Å². The van der Waals surface area contributed by atoms with E-state index in [9.17, 15) is 4.79 Å². The van der Waals surface area contributed by atoms with E-state index in [4.69, 9.17) is 11.6 Å². The summed E-state index contributed by atoms with van der Waals surface area (Å²) in [4.78, 5) is 10.8. The molecule has 2 rings (SSSR count). The van der Waals surface area contributed by atoms with Gasteiger partial charge < -0.3 is 0 Å². The molecule has 72 valence electrons. The van der Waals surface area contributed by atoms with Gasteiger partial charge in [0.1, 0.15) is 0 Å². The lowest BCUT2D eigenvalue weighted by atomic mass is 10.0. The Morgan fingerprint density at radius 3 is 2.86 bits per heavy atom. The number of hydrogen-bond donors (Lipinski definition) is 0. The van der Waals surface area contributed by atoms with Gasteiger partial charge in [-0.2, -0.15) is 0 Å². The third kappa shape index (κ3) is 1.73. The van der Waals surface area contributed by atoms with Crippen LogP contribution in [0, 0.1) is 0 Å². The first-order chi connectivity index (χ1) is 6.81. The molecule has 1 aromatic rings. The molecule has 0 saturated carbocycles. The predicted octanol–water partition coefficient (Wildman–Crippen LogP) is 3.72. The van der Waals surface area contributed by atoms with Gasteiger partial charge in [-0.05, 0) is 48.6 Å². The van der Waals surface area contributed by atoms with Gasteiger partial charge in [0.15, 0.2) is 6.29 Å². The van der Waals surface area contributed by atoms with Crippen LogP contribution in [-0.4, -0.2) is 6.29 Å². The standard InChI is InChI=1S/C12H11ClO/c13-11-6-5-10(8-14)12(7-11)9-3-1-2-4-9/h3,5-8H,1-2,4H2. The van der Waals surface area contributed by atoms with Crippen LogP contribution in [0.25, 0.3) is 5.57 Å². The van der Waals surface area contributed by atoms with Gasteiger partial charge in [0.2, 0.25) is 0 Å². The Morgan fingerprint density at radius 1 is 1.36 bits per heavy atom. The maximum absolute atomic E-state index is 10.8. The van der Waals surface area contributed by atoms with Gasteiger partial charge in [0.25, 0.3) is 0 Å². The highest BCUT2D eigenvalue weighted by atomic mass is 35.5. The van der Waals surface area contributed by atoms with Crippen LogP contribution in [0.3, 0.4) is 0 Å². The molecule has 1 nitrogen and oxygen atoms in total. The monoisotopic (exact) mass is 206 g/mol. The van der Waals surface area contributed by atoms with E-state index < -0.39 is 0 Å². The summed E-state index contributed by atoms with van der Waals surface area (Å²) >= 11 is 5.91. The molecular weight excluding hydrogens is 196 g/mol. The van der Waals surface area contributed by atoms with E-state index in [2.05, 4.69) is 6.08 Å². The molecule has 1 aliphatic carbocycles. The van der Waals surface area contributed by atoms with E-state index in [1.165, 1.54) is 12.0 Å². The van der Waals surface area contributed by atoms with Crippen LogP contribution in [0.4, 0.5) is 0 Å². The molecule has 0 saturated heterocycles. The highest BCUT2D eigenvalue weighted by Gasteiger charge is 2.11. The van der Waals surface area contributed by atoms with Crippen LogP contribution in [-0.2, 0) is 0 Å². The molecule has 2 heteroatoms. The van der Waals surface area contributed by atoms with E-state index in [0.717, 1.165) is 30.3 Å². The molecule has 0 atom stereocenters. The van der Waals surface area contributed by atoms with Gasteiger partial charge in [0.05, 0.1) is 0 Å². The summed E-state index contributed by atoms with van der Waals surface area (Å²) < 4.78 is 0. The smallest absolute Gasteiger partial charge is 0.150 e. The van der Waals surface area contributed by atoms with Crippen molar-refractivity contribution < 1.29 is 4.79 Å². The maximum atomic E-state index is 10.8. The second kappa shape index (κ2) is 3.97. The summed E-state index contributed by atoms with van der Waals surface area (Å²) in [6, 6.07) is 5.41. The van der Waals surface area contributed by atoms with Gasteiger partial charge >= 0.3 is 0 Å². The average molecular weight is 207 g/mol. The minimum Gasteiger partial charge on any atom is -0.298 e. The van der Waals surface area contributed by atoms with Crippen molar-refractivity contribution >= 4 is 23.5 Å². The third-order valence-electron chi connectivity index (χ3n) is 2.53. The zero-order valence-electron chi connectivity index (χ0n) is 7.79. The molecule has 0 aliphatic heterocycles. The number of aldehydes is 1. The molecular formula is C12H11ClO. The van der Waals surface area contributed by atoms with Crippen molar-refractivity contribution in [1.82, 2.24) is 0 Å². The fraction of sp³-hybridized carbons (Fsp3) is 0.250. The van der Waals surface area contributed by atoms with Crippen LogP contribution in [0.1, 0.15) is 35.2 Å². The molecule has 0 unspecified atom stereocenters. The van der Waals surface area contributed by atoms with E-state index in [1.807, 2.05) is 6.07 Å². The summed E-state index contributed by atoms with van der Waals surface area (Å²) in [5.41, 5.74) is 3.00. The molecule has 14 heavy (non-hydrogen) atoms. The number of benzene rings is 1. The summed E-state index contributed by atoms with van der Waals surface area (Å²) in [5.74, 6) is 0. The maximum Gasteiger partial charge on any atom is 0.150 e. The fourth-order valence-corrected chi connectivity index (χ4v) is 2.00. The largest absolute Gasteiger partial charge is 0.298 e. The first kappa shape index (κ1) is 9.47. The van der Waals surface area contributed by atoms with Crippen molar-refractivity contribution in [2.75, 3.05) is 0 Å². The van der Waals surface area contributed by atoms with Crippen LogP contribution < -0.4 is 0 Å². The molecule has 0 radical (unpaired) electrons. The summed E-state index contributed by atoms with van der Waals surface area (Å²) in [6.45, 7) is 0. The Kier molecular flexibility index (Phi) is 2.69. The van der Waals surface area contributed by atoms with E-state index >= 15 is 0 Å². The summed E-state index contributed by atoms with van der Waals surface area (Å²) in [5, 5.41) is 0.693. The Morgan fingerprint density at radius 2 is 2.21 bits per heavy atom. The van der Waals surface area contributed by atoms with Gasteiger partial charge in [-0.3, -0.25) is 4.79 Å². The Bertz CT molecular complexity index is 393. The Labute approximate surface area is 88.4 Å². The molecule has 0 heterocycles. The molecule has 1 aromatic carbocycles. The van der Waals surface area contributed by atoms with Crippen molar-refractivity contribution in [3.05, 3.63) is 40.4 Å². The first-order valence-electron chi connectivity index (χ1n) is 4.75. The summed E-state index contributed by atoms with van der Waals surface area (Å²) in [6.07, 6.45) is 6.44. The van der Waals surface area contributed by atoms with Crippen molar-refractivity contribution in [2.45, 2.75) is 19.3 Å². The molecule has 0 spiro atoms.